The van der Waals surface area contributed by atoms with E-state index in [2.05, 4.69) is 10.6 Å². The highest BCUT2D eigenvalue weighted by Gasteiger charge is 2.29. The van der Waals surface area contributed by atoms with Crippen molar-refractivity contribution in [3.05, 3.63) is 83.4 Å². The molecule has 1 aliphatic rings. The fraction of sp³-hybridized carbons (Fsp3) is 0.192. The van der Waals surface area contributed by atoms with Crippen LogP contribution in [-0.4, -0.2) is 54.5 Å². The first-order valence-electron chi connectivity index (χ1n) is 10.9. The number of carboxylic acid groups (broad SMARTS) is 1. The summed E-state index contributed by atoms with van der Waals surface area (Å²) in [5.74, 6) is -2.01. The molecule has 1 aliphatic carbocycles. The lowest BCUT2D eigenvalue weighted by Gasteiger charge is -2.17. The Morgan fingerprint density at radius 1 is 0.971 bits per heavy atom. The van der Waals surface area contributed by atoms with Crippen molar-refractivity contribution in [1.29, 1.82) is 0 Å². The van der Waals surface area contributed by atoms with E-state index in [4.69, 9.17) is 14.6 Å². The van der Waals surface area contributed by atoms with Gasteiger partial charge in [-0.1, -0.05) is 48.5 Å². The van der Waals surface area contributed by atoms with Crippen LogP contribution < -0.4 is 15.4 Å². The maximum Gasteiger partial charge on any atom is 0.411 e. The second kappa shape index (κ2) is 10.3. The zero-order valence-electron chi connectivity index (χ0n) is 18.9. The molecule has 0 saturated carbocycles. The number of fused-ring (bicyclic) bond motifs is 3. The monoisotopic (exact) mass is 476 g/mol. The second-order valence-corrected chi connectivity index (χ2v) is 7.91. The maximum absolute atomic E-state index is 12.7. The van der Waals surface area contributed by atoms with Gasteiger partial charge in [0.15, 0.2) is 6.04 Å². The van der Waals surface area contributed by atoms with Gasteiger partial charge in [0.05, 0.1) is 25.0 Å². The van der Waals surface area contributed by atoms with Crippen LogP contribution in [0, 0.1) is 0 Å². The van der Waals surface area contributed by atoms with Crippen LogP contribution in [0.4, 0.5) is 10.5 Å². The first-order valence-corrected chi connectivity index (χ1v) is 10.9. The summed E-state index contributed by atoms with van der Waals surface area (Å²) in [6.07, 6.45) is -0.775. The summed E-state index contributed by atoms with van der Waals surface area (Å²) in [4.78, 5) is 36.6. The average molecular weight is 476 g/mol. The van der Waals surface area contributed by atoms with Crippen LogP contribution in [0.5, 0.6) is 5.75 Å². The van der Waals surface area contributed by atoms with E-state index in [1.165, 1.54) is 25.3 Å². The summed E-state index contributed by atoms with van der Waals surface area (Å²) >= 11 is 0. The number of aliphatic hydroxyl groups is 1. The Morgan fingerprint density at radius 3 is 2.17 bits per heavy atom. The molecule has 0 bridgehead atoms. The lowest BCUT2D eigenvalue weighted by Crippen LogP contribution is -2.43. The number of benzene rings is 3. The van der Waals surface area contributed by atoms with E-state index in [1.54, 1.807) is 0 Å². The highest BCUT2D eigenvalue weighted by Crippen LogP contribution is 2.44. The number of hydrogen-bond donors (Lipinski definition) is 4. The van der Waals surface area contributed by atoms with E-state index >= 15 is 0 Å². The van der Waals surface area contributed by atoms with E-state index in [0.717, 1.165) is 22.3 Å². The number of carbonyl (C=O) groups is 3. The molecule has 0 aromatic heterocycles. The van der Waals surface area contributed by atoms with Gasteiger partial charge >= 0.3 is 12.1 Å². The lowest BCUT2D eigenvalue weighted by molar-refractivity contribution is -0.140. The molecule has 180 valence electrons. The minimum atomic E-state index is -1.50. The second-order valence-electron chi connectivity index (χ2n) is 7.91. The highest BCUT2D eigenvalue weighted by atomic mass is 16.5. The maximum atomic E-state index is 12.7. The Labute approximate surface area is 201 Å². The number of amides is 2. The smallest absolute Gasteiger partial charge is 0.411 e. The molecule has 0 fully saturated rings. The lowest BCUT2D eigenvalue weighted by atomic mass is 9.98. The molecular formula is C26H24N2O7. The first kappa shape index (κ1) is 23.8. The van der Waals surface area contributed by atoms with Crippen molar-refractivity contribution in [3.8, 4) is 16.9 Å². The Hall–Kier alpha value is -4.37. The average Bonchev–Trinajstić information content (AvgIpc) is 3.19. The van der Waals surface area contributed by atoms with Gasteiger partial charge in [0.25, 0.3) is 5.91 Å². The van der Waals surface area contributed by atoms with Crippen molar-refractivity contribution in [2.45, 2.75) is 12.0 Å². The molecule has 9 nitrogen and oxygen atoms in total. The molecule has 3 aromatic rings. The molecule has 0 heterocycles. The van der Waals surface area contributed by atoms with Crippen molar-refractivity contribution in [1.82, 2.24) is 5.32 Å². The number of ether oxygens (including phenoxy) is 2. The molecule has 4 N–H and O–H groups in total. The molecular weight excluding hydrogens is 452 g/mol. The Balaban J connectivity index is 1.50. The SMILES string of the molecule is COc1ccc(NC(=O)OCC2c3ccccc3-c3ccccc32)c(C(=O)NC(CO)C(=O)O)c1. The van der Waals surface area contributed by atoms with Gasteiger partial charge < -0.3 is 25.0 Å². The van der Waals surface area contributed by atoms with E-state index in [-0.39, 0.29) is 23.8 Å². The van der Waals surface area contributed by atoms with E-state index in [0.29, 0.717) is 5.75 Å². The van der Waals surface area contributed by atoms with Gasteiger partial charge in [0.1, 0.15) is 12.4 Å². The minimum Gasteiger partial charge on any atom is -0.497 e. The number of methoxy groups -OCH3 is 1. The number of carboxylic acids is 1. The number of hydrogen-bond acceptors (Lipinski definition) is 6. The molecule has 3 aromatic carbocycles. The van der Waals surface area contributed by atoms with Gasteiger partial charge in [0, 0.05) is 5.92 Å². The zero-order chi connectivity index (χ0) is 24.9. The summed E-state index contributed by atoms with van der Waals surface area (Å²) in [6, 6.07) is 18.7. The topological polar surface area (TPSA) is 134 Å². The number of aliphatic hydroxyl groups excluding tert-OH is 1. The van der Waals surface area contributed by atoms with Crippen LogP contribution >= 0.6 is 0 Å². The van der Waals surface area contributed by atoms with Crippen molar-refractivity contribution >= 4 is 23.7 Å². The molecule has 0 aliphatic heterocycles. The molecule has 4 rings (SSSR count). The Morgan fingerprint density at radius 2 is 1.60 bits per heavy atom. The Kier molecular flexibility index (Phi) is 6.98. The number of carbonyl (C=O) groups excluding carboxylic acids is 2. The minimum absolute atomic E-state index is 0.0439. The van der Waals surface area contributed by atoms with Crippen LogP contribution in [0.25, 0.3) is 11.1 Å². The van der Waals surface area contributed by atoms with Crippen LogP contribution in [-0.2, 0) is 9.53 Å². The Bertz CT molecular complexity index is 1230. The molecule has 0 spiro atoms. The summed E-state index contributed by atoms with van der Waals surface area (Å²) in [7, 11) is 1.41. The fourth-order valence-electron chi connectivity index (χ4n) is 4.11. The number of aliphatic carboxylic acids is 1. The van der Waals surface area contributed by atoms with Gasteiger partial charge in [-0.2, -0.15) is 0 Å². The predicted octanol–water partition coefficient (Wildman–Crippen LogP) is 3.23. The van der Waals surface area contributed by atoms with Gasteiger partial charge in [-0.3, -0.25) is 10.1 Å². The standard InChI is InChI=1S/C26H24N2O7/c1-34-15-10-11-22(20(12-15)24(30)27-23(13-29)25(31)32)28-26(33)35-14-21-18-8-4-2-6-16(18)17-7-3-5-9-19(17)21/h2-12,21,23,29H,13-14H2,1H3,(H,27,30)(H,28,33)(H,31,32). The summed E-state index contributed by atoms with van der Waals surface area (Å²) in [6.45, 7) is -0.705. The third-order valence-electron chi connectivity index (χ3n) is 5.84. The van der Waals surface area contributed by atoms with E-state index in [9.17, 15) is 19.5 Å². The van der Waals surface area contributed by atoms with Crippen LogP contribution in [0.15, 0.2) is 66.7 Å². The number of nitrogens with one attached hydrogen (secondary N) is 2. The zero-order valence-corrected chi connectivity index (χ0v) is 18.9. The molecule has 1 atom stereocenters. The molecule has 0 saturated heterocycles. The van der Waals surface area contributed by atoms with Crippen LogP contribution in [0.2, 0.25) is 0 Å². The highest BCUT2D eigenvalue weighted by molar-refractivity contribution is 6.04. The van der Waals surface area contributed by atoms with Gasteiger partial charge in [0.2, 0.25) is 0 Å². The third-order valence-corrected chi connectivity index (χ3v) is 5.84. The predicted molar refractivity (Wildman–Crippen MR) is 128 cm³/mol. The van der Waals surface area contributed by atoms with Gasteiger partial charge in [-0.15, -0.1) is 0 Å². The largest absolute Gasteiger partial charge is 0.497 e. The van der Waals surface area contributed by atoms with Crippen molar-refractivity contribution in [3.63, 3.8) is 0 Å². The van der Waals surface area contributed by atoms with Crippen LogP contribution in [0.1, 0.15) is 27.4 Å². The van der Waals surface area contributed by atoms with Gasteiger partial charge in [-0.25, -0.2) is 9.59 Å². The van der Waals surface area contributed by atoms with Crippen molar-refractivity contribution in [2.75, 3.05) is 25.6 Å². The number of rotatable bonds is 8. The van der Waals surface area contributed by atoms with Crippen molar-refractivity contribution < 1.29 is 34.1 Å². The fourth-order valence-corrected chi connectivity index (χ4v) is 4.11. The normalized spacial score (nSPS) is 12.7. The first-order chi connectivity index (χ1) is 16.9. The van der Waals surface area contributed by atoms with E-state index in [1.807, 2.05) is 48.5 Å². The quantitative estimate of drug-likeness (QED) is 0.392. The van der Waals surface area contributed by atoms with E-state index < -0.39 is 30.6 Å². The van der Waals surface area contributed by atoms with Crippen molar-refractivity contribution in [2.24, 2.45) is 0 Å². The molecule has 0 radical (unpaired) electrons. The summed E-state index contributed by atoms with van der Waals surface area (Å²) < 4.78 is 10.7. The number of anilines is 1. The summed E-state index contributed by atoms with van der Waals surface area (Å²) in [5, 5.41) is 23.1. The summed E-state index contributed by atoms with van der Waals surface area (Å²) in [5.41, 5.74) is 4.38. The molecule has 9 heteroatoms. The third kappa shape index (κ3) is 4.95. The molecule has 1 unspecified atom stereocenters. The molecule has 35 heavy (non-hydrogen) atoms. The van der Waals surface area contributed by atoms with Crippen LogP contribution in [0.3, 0.4) is 0 Å². The van der Waals surface area contributed by atoms with Gasteiger partial charge in [-0.05, 0) is 40.5 Å². The molecule has 2 amide bonds.